The summed E-state index contributed by atoms with van der Waals surface area (Å²) in [5.74, 6) is 0.873. The summed E-state index contributed by atoms with van der Waals surface area (Å²) in [4.78, 5) is 2.38. The molecule has 2 aliphatic heterocycles. The first-order chi connectivity index (χ1) is 10.4. The van der Waals surface area contributed by atoms with Crippen LogP contribution in [0.4, 0.5) is 5.95 Å². The largest absolute Gasteiger partial charge is 0.335 e. The van der Waals surface area contributed by atoms with Gasteiger partial charge in [0.2, 0.25) is 0 Å². The summed E-state index contributed by atoms with van der Waals surface area (Å²) in [6, 6.07) is 11.2. The molecule has 0 saturated carbocycles. The standard InChI is InChI=1S/C15H20N6/c1-2-6-12(7-3-1)21-15(17-18-19-21)20-11-5-9-14(20)13-8-4-10-16-13/h1-3,6-7,13-14,16H,4-5,8-11H2. The van der Waals surface area contributed by atoms with Gasteiger partial charge in [0.25, 0.3) is 5.95 Å². The summed E-state index contributed by atoms with van der Waals surface area (Å²) < 4.78 is 1.85. The van der Waals surface area contributed by atoms with Crippen LogP contribution < -0.4 is 10.2 Å². The molecule has 2 aromatic rings. The normalized spacial score (nSPS) is 25.6. The van der Waals surface area contributed by atoms with Crippen molar-refractivity contribution < 1.29 is 0 Å². The molecule has 0 spiro atoms. The van der Waals surface area contributed by atoms with E-state index in [0.717, 1.165) is 24.7 Å². The summed E-state index contributed by atoms with van der Waals surface area (Å²) in [5.41, 5.74) is 1.02. The molecule has 2 saturated heterocycles. The van der Waals surface area contributed by atoms with E-state index >= 15 is 0 Å². The van der Waals surface area contributed by atoms with Crippen LogP contribution in [0.2, 0.25) is 0 Å². The maximum atomic E-state index is 4.30. The molecule has 1 aromatic carbocycles. The first kappa shape index (κ1) is 12.8. The Morgan fingerprint density at radius 3 is 2.81 bits per heavy atom. The fourth-order valence-corrected chi connectivity index (χ4v) is 3.60. The van der Waals surface area contributed by atoms with Crippen molar-refractivity contribution in [1.82, 2.24) is 25.5 Å². The van der Waals surface area contributed by atoms with Gasteiger partial charge < -0.3 is 10.2 Å². The van der Waals surface area contributed by atoms with Crippen LogP contribution in [0.25, 0.3) is 5.69 Å². The van der Waals surface area contributed by atoms with E-state index in [1.165, 1.54) is 25.7 Å². The number of tetrazole rings is 1. The second-order valence-corrected chi connectivity index (χ2v) is 5.83. The quantitative estimate of drug-likeness (QED) is 0.923. The molecule has 21 heavy (non-hydrogen) atoms. The number of nitrogens with zero attached hydrogens (tertiary/aromatic N) is 5. The van der Waals surface area contributed by atoms with Crippen molar-refractivity contribution in [1.29, 1.82) is 0 Å². The Bertz CT molecular complexity index is 589. The van der Waals surface area contributed by atoms with Crippen molar-refractivity contribution >= 4 is 5.95 Å². The molecular formula is C15H20N6. The van der Waals surface area contributed by atoms with Crippen molar-refractivity contribution in [2.45, 2.75) is 37.8 Å². The molecule has 0 aliphatic carbocycles. The zero-order valence-corrected chi connectivity index (χ0v) is 12.0. The third-order valence-electron chi connectivity index (χ3n) is 4.57. The Morgan fingerprint density at radius 1 is 1.10 bits per heavy atom. The van der Waals surface area contributed by atoms with E-state index in [1.54, 1.807) is 0 Å². The van der Waals surface area contributed by atoms with Crippen LogP contribution in [0.5, 0.6) is 0 Å². The lowest BCUT2D eigenvalue weighted by atomic mass is 10.0. The lowest BCUT2D eigenvalue weighted by Gasteiger charge is -2.29. The summed E-state index contributed by atoms with van der Waals surface area (Å²) in [6.07, 6.45) is 4.97. The smallest absolute Gasteiger partial charge is 0.250 e. The van der Waals surface area contributed by atoms with Crippen LogP contribution in [0.15, 0.2) is 30.3 Å². The minimum absolute atomic E-state index is 0.515. The lowest BCUT2D eigenvalue weighted by Crippen LogP contribution is -2.45. The molecule has 2 unspecified atom stereocenters. The molecule has 2 aliphatic rings. The number of benzene rings is 1. The zero-order valence-electron chi connectivity index (χ0n) is 12.0. The van der Waals surface area contributed by atoms with Gasteiger partial charge in [-0.3, -0.25) is 0 Å². The molecule has 0 radical (unpaired) electrons. The highest BCUT2D eigenvalue weighted by molar-refractivity contribution is 5.42. The topological polar surface area (TPSA) is 58.9 Å². The van der Waals surface area contributed by atoms with Crippen LogP contribution in [-0.2, 0) is 0 Å². The molecule has 110 valence electrons. The van der Waals surface area contributed by atoms with Crippen molar-refractivity contribution in [3.05, 3.63) is 30.3 Å². The van der Waals surface area contributed by atoms with E-state index in [-0.39, 0.29) is 0 Å². The van der Waals surface area contributed by atoms with Crippen LogP contribution in [0.1, 0.15) is 25.7 Å². The SMILES string of the molecule is c1ccc(-n2nnnc2N2CCCC2C2CCCN2)cc1. The zero-order chi connectivity index (χ0) is 14.1. The van der Waals surface area contributed by atoms with Gasteiger partial charge in [0.1, 0.15) is 0 Å². The van der Waals surface area contributed by atoms with Crippen LogP contribution >= 0.6 is 0 Å². The van der Waals surface area contributed by atoms with Gasteiger partial charge in [-0.1, -0.05) is 23.3 Å². The lowest BCUT2D eigenvalue weighted by molar-refractivity contribution is 0.477. The van der Waals surface area contributed by atoms with E-state index in [0.29, 0.717) is 12.1 Å². The van der Waals surface area contributed by atoms with Crippen LogP contribution in [0, 0.1) is 0 Å². The molecule has 0 bridgehead atoms. The van der Waals surface area contributed by atoms with Gasteiger partial charge in [-0.25, -0.2) is 0 Å². The molecule has 6 heteroatoms. The molecule has 1 aromatic heterocycles. The molecular weight excluding hydrogens is 264 g/mol. The number of hydrogen-bond donors (Lipinski definition) is 1. The molecule has 4 rings (SSSR count). The Morgan fingerprint density at radius 2 is 2.00 bits per heavy atom. The third-order valence-corrected chi connectivity index (χ3v) is 4.57. The van der Waals surface area contributed by atoms with Crippen molar-refractivity contribution in [3.63, 3.8) is 0 Å². The maximum absolute atomic E-state index is 4.30. The minimum Gasteiger partial charge on any atom is -0.335 e. The minimum atomic E-state index is 0.515. The van der Waals surface area contributed by atoms with Gasteiger partial charge in [-0.05, 0) is 54.8 Å². The highest BCUT2D eigenvalue weighted by atomic mass is 15.6. The van der Waals surface area contributed by atoms with Crippen molar-refractivity contribution in [2.75, 3.05) is 18.0 Å². The number of hydrogen-bond acceptors (Lipinski definition) is 5. The Kier molecular flexibility index (Phi) is 3.31. The van der Waals surface area contributed by atoms with E-state index < -0.39 is 0 Å². The van der Waals surface area contributed by atoms with Gasteiger partial charge in [0.05, 0.1) is 5.69 Å². The molecule has 2 atom stereocenters. The summed E-state index contributed by atoms with van der Waals surface area (Å²) in [5, 5.41) is 16.0. The second kappa shape index (κ2) is 5.44. The monoisotopic (exact) mass is 284 g/mol. The second-order valence-electron chi connectivity index (χ2n) is 5.83. The van der Waals surface area contributed by atoms with Gasteiger partial charge in [-0.15, -0.1) is 0 Å². The number of nitrogens with one attached hydrogen (secondary N) is 1. The third kappa shape index (κ3) is 2.29. The molecule has 3 heterocycles. The number of aromatic nitrogens is 4. The summed E-state index contributed by atoms with van der Waals surface area (Å²) >= 11 is 0. The van der Waals surface area contributed by atoms with Crippen molar-refractivity contribution in [2.24, 2.45) is 0 Å². The van der Waals surface area contributed by atoms with Gasteiger partial charge in [-0.2, -0.15) is 4.68 Å². The fraction of sp³-hybridized carbons (Fsp3) is 0.533. The molecule has 1 N–H and O–H groups in total. The molecule has 0 amide bonds. The van der Waals surface area contributed by atoms with E-state index in [4.69, 9.17) is 0 Å². The summed E-state index contributed by atoms with van der Waals surface area (Å²) in [6.45, 7) is 2.18. The first-order valence-corrected chi connectivity index (χ1v) is 7.77. The first-order valence-electron chi connectivity index (χ1n) is 7.77. The Balaban J connectivity index is 1.65. The van der Waals surface area contributed by atoms with Crippen molar-refractivity contribution in [3.8, 4) is 5.69 Å². The molecule has 2 fully saturated rings. The number of rotatable bonds is 3. The van der Waals surface area contributed by atoms with E-state index in [2.05, 4.69) is 25.7 Å². The Hall–Kier alpha value is -1.95. The van der Waals surface area contributed by atoms with Crippen LogP contribution in [-0.4, -0.2) is 45.4 Å². The average Bonchev–Trinajstić information content (AvgIpc) is 3.27. The van der Waals surface area contributed by atoms with Gasteiger partial charge in [0, 0.05) is 18.6 Å². The highest BCUT2D eigenvalue weighted by Crippen LogP contribution is 2.29. The van der Waals surface area contributed by atoms with E-state index in [1.807, 2.05) is 35.0 Å². The Labute approximate surface area is 124 Å². The predicted molar refractivity (Wildman–Crippen MR) is 80.5 cm³/mol. The molecule has 6 nitrogen and oxygen atoms in total. The van der Waals surface area contributed by atoms with Crippen LogP contribution in [0.3, 0.4) is 0 Å². The maximum Gasteiger partial charge on any atom is 0.250 e. The summed E-state index contributed by atoms with van der Waals surface area (Å²) in [7, 11) is 0. The highest BCUT2D eigenvalue weighted by Gasteiger charge is 2.35. The van der Waals surface area contributed by atoms with Gasteiger partial charge >= 0.3 is 0 Å². The van der Waals surface area contributed by atoms with E-state index in [9.17, 15) is 0 Å². The number of para-hydroxylation sites is 1. The van der Waals surface area contributed by atoms with Gasteiger partial charge in [0.15, 0.2) is 0 Å². The average molecular weight is 284 g/mol. The number of anilines is 1. The fourth-order valence-electron chi connectivity index (χ4n) is 3.60. The predicted octanol–water partition coefficient (Wildman–Crippen LogP) is 1.38.